The van der Waals surface area contributed by atoms with Crippen LogP contribution in [0.2, 0.25) is 0 Å². The van der Waals surface area contributed by atoms with Crippen molar-refractivity contribution in [2.24, 2.45) is 0 Å². The van der Waals surface area contributed by atoms with Crippen molar-refractivity contribution in [3.05, 3.63) is 88.8 Å². The van der Waals surface area contributed by atoms with Crippen molar-refractivity contribution >= 4 is 0 Å². The van der Waals surface area contributed by atoms with Gasteiger partial charge in [0.15, 0.2) is 11.5 Å². The van der Waals surface area contributed by atoms with E-state index in [1.807, 2.05) is 13.8 Å². The number of nitrogens with zero attached hydrogens (tertiary/aromatic N) is 5. The van der Waals surface area contributed by atoms with E-state index < -0.39 is 29.2 Å². The number of pyridine rings is 3. The second kappa shape index (κ2) is 7.16. The van der Waals surface area contributed by atoms with Crippen molar-refractivity contribution in [1.82, 2.24) is 24.7 Å². The van der Waals surface area contributed by atoms with E-state index in [0.717, 1.165) is 16.8 Å². The van der Waals surface area contributed by atoms with E-state index in [2.05, 4.69) is 20.1 Å². The second-order valence-electron chi connectivity index (χ2n) is 8.29. The molecule has 0 unspecified atom stereocenters. The molecule has 1 aliphatic rings. The van der Waals surface area contributed by atoms with E-state index in [0.29, 0.717) is 11.4 Å². The zero-order valence-electron chi connectivity index (χ0n) is 17.5. The van der Waals surface area contributed by atoms with Crippen molar-refractivity contribution in [2.45, 2.75) is 31.9 Å². The highest BCUT2D eigenvalue weighted by Gasteiger charge is 2.36. The average molecular weight is 457 g/mol. The standard InChI is InChI=1S/C23H16F5N5/c1-22(2)15-6-3-5-14(29-15)20-12(10-18(24)31-21(20)25)9-13-11-17(23(26,27)28)32-33(13)19-8-4-7-16(22)30-19/h3-8,10-11H,9H2,1-2H3. The molecule has 0 N–H and O–H groups in total. The number of hydrogen-bond donors (Lipinski definition) is 0. The summed E-state index contributed by atoms with van der Waals surface area (Å²) in [6.07, 6.45) is -4.97. The van der Waals surface area contributed by atoms with Crippen molar-refractivity contribution in [3.63, 3.8) is 0 Å². The highest BCUT2D eigenvalue weighted by atomic mass is 19.4. The van der Waals surface area contributed by atoms with Gasteiger partial charge in [-0.1, -0.05) is 12.1 Å². The molecule has 4 aromatic heterocycles. The summed E-state index contributed by atoms with van der Waals surface area (Å²) in [5.74, 6) is -2.03. The van der Waals surface area contributed by atoms with Gasteiger partial charge in [0.05, 0.1) is 28.3 Å². The van der Waals surface area contributed by atoms with Gasteiger partial charge in [-0.15, -0.1) is 0 Å². The Balaban J connectivity index is 1.87. The quantitative estimate of drug-likeness (QED) is 0.267. The maximum atomic E-state index is 14.9. The Hall–Kier alpha value is -3.69. The SMILES string of the molecule is CC1(C)c2cccc(n2)-c2c(cc(F)nc2F)Cc2cc(C(F)(F)F)nn2-c2cccc1n2. The number of rotatable bonds is 0. The van der Waals surface area contributed by atoms with Gasteiger partial charge in [0.2, 0.25) is 11.9 Å². The Morgan fingerprint density at radius 2 is 1.61 bits per heavy atom. The van der Waals surface area contributed by atoms with Crippen LogP contribution in [0, 0.1) is 11.9 Å². The second-order valence-corrected chi connectivity index (χ2v) is 8.29. The lowest BCUT2D eigenvalue weighted by Gasteiger charge is -2.25. The van der Waals surface area contributed by atoms with Crippen LogP contribution >= 0.6 is 0 Å². The van der Waals surface area contributed by atoms with E-state index in [4.69, 9.17) is 0 Å². The van der Waals surface area contributed by atoms with Gasteiger partial charge in [-0.3, -0.25) is 4.98 Å². The minimum Gasteiger partial charge on any atom is -0.252 e. The Kier molecular flexibility index (Phi) is 4.59. The summed E-state index contributed by atoms with van der Waals surface area (Å²) >= 11 is 0. The fourth-order valence-electron chi connectivity index (χ4n) is 3.96. The van der Waals surface area contributed by atoms with Gasteiger partial charge in [0, 0.05) is 11.8 Å². The third kappa shape index (κ3) is 3.55. The first kappa shape index (κ1) is 21.2. The molecular formula is C23H16F5N5. The first-order chi connectivity index (χ1) is 15.5. The first-order valence-electron chi connectivity index (χ1n) is 10.0. The topological polar surface area (TPSA) is 56.5 Å². The zero-order chi connectivity index (χ0) is 23.5. The minimum absolute atomic E-state index is 0.0627. The number of hydrogen-bond acceptors (Lipinski definition) is 4. The summed E-state index contributed by atoms with van der Waals surface area (Å²) in [5, 5.41) is 3.73. The lowest BCUT2D eigenvalue weighted by atomic mass is 9.84. The Morgan fingerprint density at radius 1 is 0.909 bits per heavy atom. The van der Waals surface area contributed by atoms with Crippen molar-refractivity contribution < 1.29 is 22.0 Å². The fraction of sp³-hybridized carbons (Fsp3) is 0.217. The molecule has 1 aliphatic heterocycles. The van der Waals surface area contributed by atoms with Gasteiger partial charge in [-0.05, 0) is 55.8 Å². The summed E-state index contributed by atoms with van der Waals surface area (Å²) in [7, 11) is 0. The molecule has 0 spiro atoms. The molecule has 10 heteroatoms. The molecule has 0 aliphatic carbocycles. The summed E-state index contributed by atoms with van der Waals surface area (Å²) in [5.41, 5.74) is -0.548. The van der Waals surface area contributed by atoms with Crippen LogP contribution in [0.5, 0.6) is 0 Å². The van der Waals surface area contributed by atoms with Gasteiger partial charge < -0.3 is 0 Å². The van der Waals surface area contributed by atoms with E-state index in [9.17, 15) is 22.0 Å². The van der Waals surface area contributed by atoms with Crippen LogP contribution in [0.4, 0.5) is 22.0 Å². The monoisotopic (exact) mass is 457 g/mol. The molecule has 0 atom stereocenters. The van der Waals surface area contributed by atoms with Gasteiger partial charge >= 0.3 is 6.18 Å². The molecule has 5 nitrogen and oxygen atoms in total. The smallest absolute Gasteiger partial charge is 0.252 e. The molecule has 5 rings (SSSR count). The van der Waals surface area contributed by atoms with Crippen molar-refractivity contribution in [3.8, 4) is 17.1 Å². The Bertz CT molecular complexity index is 1390. The van der Waals surface area contributed by atoms with Crippen LogP contribution in [0.1, 0.15) is 42.2 Å². The fourth-order valence-corrected chi connectivity index (χ4v) is 3.96. The third-order valence-electron chi connectivity index (χ3n) is 5.71. The molecule has 33 heavy (non-hydrogen) atoms. The molecule has 5 heterocycles. The lowest BCUT2D eigenvalue weighted by molar-refractivity contribution is -0.141. The molecule has 0 fully saturated rings. The molecule has 0 aromatic carbocycles. The molecule has 0 saturated carbocycles. The molecule has 168 valence electrons. The van der Waals surface area contributed by atoms with Crippen molar-refractivity contribution in [1.29, 1.82) is 0 Å². The van der Waals surface area contributed by atoms with Gasteiger partial charge in [0.25, 0.3) is 0 Å². The lowest BCUT2D eigenvalue weighted by Crippen LogP contribution is -2.23. The summed E-state index contributed by atoms with van der Waals surface area (Å²) in [4.78, 5) is 12.5. The van der Waals surface area contributed by atoms with Crippen LogP contribution in [-0.4, -0.2) is 24.7 Å². The van der Waals surface area contributed by atoms with E-state index in [-0.39, 0.29) is 34.8 Å². The number of halogens is 5. The van der Waals surface area contributed by atoms with E-state index >= 15 is 0 Å². The molecule has 0 amide bonds. The molecule has 4 bridgehead atoms. The molecule has 0 saturated heterocycles. The number of fused-ring (bicyclic) bond motifs is 8. The normalized spacial score (nSPS) is 14.6. The zero-order valence-corrected chi connectivity index (χ0v) is 17.5. The Morgan fingerprint density at radius 3 is 2.33 bits per heavy atom. The largest absolute Gasteiger partial charge is 0.435 e. The van der Waals surface area contributed by atoms with Gasteiger partial charge in [0.1, 0.15) is 0 Å². The predicted octanol–water partition coefficient (Wildman–Crippen LogP) is 5.25. The van der Waals surface area contributed by atoms with Gasteiger partial charge in [-0.25, -0.2) is 9.67 Å². The predicted molar refractivity (Wildman–Crippen MR) is 109 cm³/mol. The Labute approximate surface area is 185 Å². The van der Waals surface area contributed by atoms with Crippen LogP contribution in [0.15, 0.2) is 48.5 Å². The number of aromatic nitrogens is 5. The first-order valence-corrected chi connectivity index (χ1v) is 10.0. The summed E-state index contributed by atoms with van der Waals surface area (Å²) in [6.45, 7) is 3.70. The number of alkyl halides is 3. The minimum atomic E-state index is -4.71. The van der Waals surface area contributed by atoms with Crippen LogP contribution < -0.4 is 0 Å². The summed E-state index contributed by atoms with van der Waals surface area (Å²) in [6, 6.07) is 11.8. The highest BCUT2D eigenvalue weighted by molar-refractivity contribution is 5.64. The maximum absolute atomic E-state index is 14.9. The van der Waals surface area contributed by atoms with Crippen LogP contribution in [0.3, 0.4) is 0 Å². The maximum Gasteiger partial charge on any atom is 0.435 e. The molecular weight excluding hydrogens is 441 g/mol. The van der Waals surface area contributed by atoms with Crippen LogP contribution in [-0.2, 0) is 18.0 Å². The van der Waals surface area contributed by atoms with E-state index in [1.165, 1.54) is 6.07 Å². The summed E-state index contributed by atoms with van der Waals surface area (Å²) < 4.78 is 70.5. The average Bonchev–Trinajstić information content (AvgIpc) is 3.17. The van der Waals surface area contributed by atoms with Gasteiger partial charge in [-0.2, -0.15) is 32.0 Å². The molecule has 0 radical (unpaired) electrons. The third-order valence-corrected chi connectivity index (χ3v) is 5.71. The van der Waals surface area contributed by atoms with Crippen molar-refractivity contribution in [2.75, 3.05) is 0 Å². The molecule has 4 aromatic rings. The van der Waals surface area contributed by atoms with Crippen LogP contribution in [0.25, 0.3) is 17.1 Å². The highest BCUT2D eigenvalue weighted by Crippen LogP contribution is 2.35. The van der Waals surface area contributed by atoms with E-state index in [1.54, 1.807) is 30.3 Å².